The highest BCUT2D eigenvalue weighted by Gasteiger charge is 2.34. The van der Waals surface area contributed by atoms with E-state index in [1.54, 1.807) is 0 Å². The fourth-order valence-corrected chi connectivity index (χ4v) is 2.74. The number of hydrogen-bond donors (Lipinski definition) is 0. The second kappa shape index (κ2) is 2.35. The van der Waals surface area contributed by atoms with Crippen LogP contribution in [0.25, 0.3) is 0 Å². The summed E-state index contributed by atoms with van der Waals surface area (Å²) in [6.07, 6.45) is 8.60. The first kappa shape index (κ1) is 6.70. The fourth-order valence-electron chi connectivity index (χ4n) is 2.74. The molecule has 2 heterocycles. The summed E-state index contributed by atoms with van der Waals surface area (Å²) in [5.74, 6) is 0.888. The Bertz CT molecular complexity index is 290. The van der Waals surface area contributed by atoms with Gasteiger partial charge in [0, 0.05) is 11.8 Å². The first-order valence-electron chi connectivity index (χ1n) is 4.89. The van der Waals surface area contributed by atoms with Gasteiger partial charge in [-0.3, -0.25) is 4.68 Å². The van der Waals surface area contributed by atoms with Crippen molar-refractivity contribution >= 4 is 0 Å². The van der Waals surface area contributed by atoms with Gasteiger partial charge in [0.25, 0.3) is 0 Å². The predicted octanol–water partition coefficient (Wildman–Crippen LogP) is 1.97. The fraction of sp³-hybridized carbons (Fsp3) is 0.700. The van der Waals surface area contributed by atoms with E-state index >= 15 is 0 Å². The Balaban J connectivity index is 1.98. The minimum Gasteiger partial charge on any atom is -0.266 e. The first-order chi connectivity index (χ1) is 5.95. The van der Waals surface area contributed by atoms with Crippen LogP contribution in [0.5, 0.6) is 0 Å². The number of nitrogens with zero attached hydrogens (tertiary/aromatic N) is 2. The molecule has 1 radical (unpaired) electrons. The van der Waals surface area contributed by atoms with Crippen molar-refractivity contribution in [2.45, 2.75) is 38.1 Å². The van der Waals surface area contributed by atoms with Crippen LogP contribution in [-0.4, -0.2) is 9.78 Å². The molecule has 0 amide bonds. The predicted molar refractivity (Wildman–Crippen MR) is 45.8 cm³/mol. The Morgan fingerprint density at radius 1 is 1.42 bits per heavy atom. The molecule has 0 spiro atoms. The van der Waals surface area contributed by atoms with E-state index in [0.29, 0.717) is 0 Å². The zero-order chi connectivity index (χ0) is 7.97. The second-order valence-corrected chi connectivity index (χ2v) is 4.00. The lowest BCUT2D eigenvalue weighted by molar-refractivity contribution is 0.263. The van der Waals surface area contributed by atoms with Crippen molar-refractivity contribution in [2.24, 2.45) is 5.92 Å². The van der Waals surface area contributed by atoms with Gasteiger partial charge in [-0.1, -0.05) is 12.8 Å². The summed E-state index contributed by atoms with van der Waals surface area (Å²) in [4.78, 5) is 0. The lowest BCUT2D eigenvalue weighted by Crippen LogP contribution is -2.17. The quantitative estimate of drug-likeness (QED) is 0.569. The second-order valence-electron chi connectivity index (χ2n) is 4.00. The number of hydrogen-bond acceptors (Lipinski definition) is 1. The Morgan fingerprint density at radius 2 is 2.33 bits per heavy atom. The van der Waals surface area contributed by atoms with Gasteiger partial charge in [0.2, 0.25) is 0 Å². The third-order valence-electron chi connectivity index (χ3n) is 3.33. The van der Waals surface area contributed by atoms with Crippen molar-refractivity contribution in [1.29, 1.82) is 0 Å². The molecule has 0 bridgehead atoms. The molecule has 1 aromatic rings. The van der Waals surface area contributed by atoms with Crippen LogP contribution in [-0.2, 0) is 6.42 Å². The molecule has 1 aromatic heterocycles. The van der Waals surface area contributed by atoms with Crippen molar-refractivity contribution in [2.75, 3.05) is 0 Å². The van der Waals surface area contributed by atoms with Crippen LogP contribution >= 0.6 is 0 Å². The Morgan fingerprint density at radius 3 is 3.33 bits per heavy atom. The van der Waals surface area contributed by atoms with Gasteiger partial charge in [0.15, 0.2) is 0 Å². The van der Waals surface area contributed by atoms with Crippen molar-refractivity contribution < 1.29 is 0 Å². The molecule has 0 aromatic carbocycles. The summed E-state index contributed by atoms with van der Waals surface area (Å²) >= 11 is 0. The van der Waals surface area contributed by atoms with Gasteiger partial charge in [-0.2, -0.15) is 5.10 Å². The average Bonchev–Trinajstić information content (AvgIpc) is 2.62. The van der Waals surface area contributed by atoms with E-state index in [4.69, 9.17) is 0 Å². The molecule has 1 aliphatic carbocycles. The Labute approximate surface area is 72.6 Å². The maximum Gasteiger partial charge on any atom is 0.0572 e. The molecular weight excluding hydrogens is 148 g/mol. The van der Waals surface area contributed by atoms with Crippen LogP contribution in [0.4, 0.5) is 0 Å². The third kappa shape index (κ3) is 0.780. The van der Waals surface area contributed by atoms with Gasteiger partial charge in [0.1, 0.15) is 0 Å². The van der Waals surface area contributed by atoms with Gasteiger partial charge in [0.05, 0.1) is 12.2 Å². The van der Waals surface area contributed by atoms with E-state index < -0.39 is 0 Å². The number of rotatable bonds is 0. The largest absolute Gasteiger partial charge is 0.266 e. The van der Waals surface area contributed by atoms with E-state index in [9.17, 15) is 0 Å². The van der Waals surface area contributed by atoms with Crippen LogP contribution < -0.4 is 0 Å². The molecule has 2 atom stereocenters. The van der Waals surface area contributed by atoms with Crippen LogP contribution in [0, 0.1) is 12.0 Å². The smallest absolute Gasteiger partial charge is 0.0572 e. The molecule has 1 saturated carbocycles. The number of aromatic nitrogens is 2. The van der Waals surface area contributed by atoms with E-state index in [1.165, 1.54) is 37.8 Å². The Hall–Kier alpha value is -0.790. The number of fused-ring (bicyclic) bond motifs is 3. The molecule has 0 N–H and O–H groups in total. The standard InChI is InChI=1S/C10H13N2/c1-2-4-10-8(3-1)7-9-5-6-11-12(9)10/h6,8,10H,1-4,7H2. The van der Waals surface area contributed by atoms with E-state index in [2.05, 4.69) is 15.8 Å². The summed E-state index contributed by atoms with van der Waals surface area (Å²) in [7, 11) is 0. The molecule has 2 aliphatic rings. The topological polar surface area (TPSA) is 17.8 Å². The highest BCUT2D eigenvalue weighted by molar-refractivity contribution is 5.08. The minimum absolute atomic E-state index is 0.722. The van der Waals surface area contributed by atoms with Gasteiger partial charge >= 0.3 is 0 Å². The van der Waals surface area contributed by atoms with E-state index in [0.717, 1.165) is 12.0 Å². The summed E-state index contributed by atoms with van der Waals surface area (Å²) < 4.78 is 2.21. The minimum atomic E-state index is 0.722. The van der Waals surface area contributed by atoms with Gasteiger partial charge in [-0.25, -0.2) is 0 Å². The monoisotopic (exact) mass is 161 g/mol. The Kier molecular flexibility index (Phi) is 1.31. The van der Waals surface area contributed by atoms with Crippen molar-refractivity contribution in [3.8, 4) is 0 Å². The highest BCUT2D eigenvalue weighted by atomic mass is 15.3. The molecule has 2 heteroatoms. The molecular formula is C10H13N2. The van der Waals surface area contributed by atoms with E-state index in [1.807, 2.05) is 6.20 Å². The van der Waals surface area contributed by atoms with Gasteiger partial charge < -0.3 is 0 Å². The molecule has 1 fully saturated rings. The molecule has 63 valence electrons. The maximum atomic E-state index is 4.34. The summed E-state index contributed by atoms with van der Waals surface area (Å²) in [6.45, 7) is 0. The summed E-state index contributed by atoms with van der Waals surface area (Å²) in [6, 6.07) is 3.95. The zero-order valence-electron chi connectivity index (χ0n) is 7.16. The van der Waals surface area contributed by atoms with Gasteiger partial charge in [-0.05, 0) is 25.2 Å². The maximum absolute atomic E-state index is 4.34. The molecule has 2 unspecified atom stereocenters. The highest BCUT2D eigenvalue weighted by Crippen LogP contribution is 2.40. The lowest BCUT2D eigenvalue weighted by Gasteiger charge is -2.25. The lowest BCUT2D eigenvalue weighted by atomic mass is 9.85. The van der Waals surface area contributed by atoms with Crippen LogP contribution in [0.1, 0.15) is 37.4 Å². The van der Waals surface area contributed by atoms with Crippen molar-refractivity contribution in [1.82, 2.24) is 9.78 Å². The molecule has 1 aliphatic heterocycles. The van der Waals surface area contributed by atoms with Crippen LogP contribution in [0.2, 0.25) is 0 Å². The SMILES string of the molecule is [c]1cnn2c1CC1CCCCC12. The summed E-state index contributed by atoms with van der Waals surface area (Å²) in [5, 5.41) is 4.34. The van der Waals surface area contributed by atoms with Gasteiger partial charge in [-0.15, -0.1) is 0 Å². The third-order valence-corrected chi connectivity index (χ3v) is 3.33. The van der Waals surface area contributed by atoms with Crippen LogP contribution in [0.3, 0.4) is 0 Å². The van der Waals surface area contributed by atoms with E-state index in [-0.39, 0.29) is 0 Å². The van der Waals surface area contributed by atoms with Crippen molar-refractivity contribution in [3.63, 3.8) is 0 Å². The van der Waals surface area contributed by atoms with Crippen molar-refractivity contribution in [3.05, 3.63) is 18.0 Å². The zero-order valence-corrected chi connectivity index (χ0v) is 7.16. The van der Waals surface area contributed by atoms with Crippen LogP contribution in [0.15, 0.2) is 6.20 Å². The first-order valence-corrected chi connectivity index (χ1v) is 4.89. The molecule has 3 rings (SSSR count). The normalized spacial score (nSPS) is 33.0. The molecule has 12 heavy (non-hydrogen) atoms. The molecule has 0 saturated heterocycles. The molecule has 2 nitrogen and oxygen atoms in total. The summed E-state index contributed by atoms with van der Waals surface area (Å²) in [5.41, 5.74) is 1.34. The average molecular weight is 161 g/mol.